The highest BCUT2D eigenvalue weighted by Crippen LogP contribution is 2.45. The van der Waals surface area contributed by atoms with Crippen LogP contribution in [0.2, 0.25) is 5.02 Å². The first kappa shape index (κ1) is 32.6. The van der Waals surface area contributed by atoms with E-state index in [4.69, 9.17) is 42.6 Å². The van der Waals surface area contributed by atoms with Gasteiger partial charge in [0.15, 0.2) is 5.75 Å². The molecule has 50 heavy (non-hydrogen) atoms. The Morgan fingerprint density at radius 2 is 2.04 bits per heavy atom. The van der Waals surface area contributed by atoms with Crippen molar-refractivity contribution in [2.75, 3.05) is 50.8 Å². The fourth-order valence-electron chi connectivity index (χ4n) is 7.86. The predicted octanol–water partition coefficient (Wildman–Crippen LogP) is 6.26. The molecule has 3 atom stereocenters. The number of piperazine rings is 1. The van der Waals surface area contributed by atoms with Crippen molar-refractivity contribution in [2.45, 2.75) is 56.0 Å². The summed E-state index contributed by atoms with van der Waals surface area (Å²) in [5.41, 5.74) is 1.10. The Labute approximate surface area is 293 Å². The molecule has 13 heteroatoms. The Kier molecular flexibility index (Phi) is 8.43. The summed E-state index contributed by atoms with van der Waals surface area (Å²) in [4.78, 5) is 37.0. The van der Waals surface area contributed by atoms with E-state index in [1.165, 1.54) is 12.1 Å². The van der Waals surface area contributed by atoms with Crippen LogP contribution in [0.5, 0.6) is 11.8 Å². The lowest BCUT2D eigenvalue weighted by atomic mass is 9.95. The first-order valence-electron chi connectivity index (χ1n) is 17.1. The molecular formula is C37H36ClF2N7O3. The highest BCUT2D eigenvalue weighted by Gasteiger charge is 2.49. The van der Waals surface area contributed by atoms with Crippen molar-refractivity contribution in [3.05, 3.63) is 71.4 Å². The summed E-state index contributed by atoms with van der Waals surface area (Å²) in [6, 6.07) is 8.32. The predicted molar refractivity (Wildman–Crippen MR) is 187 cm³/mol. The molecule has 1 aliphatic carbocycles. The summed E-state index contributed by atoms with van der Waals surface area (Å²) in [7, 11) is 0. The number of ether oxygens (including phenoxy) is 2. The smallest absolute Gasteiger partial charge is 0.319 e. The quantitative estimate of drug-likeness (QED) is 0.150. The number of alkyl halides is 1. The van der Waals surface area contributed by atoms with Crippen molar-refractivity contribution in [2.24, 2.45) is 0 Å². The van der Waals surface area contributed by atoms with Gasteiger partial charge in [-0.2, -0.15) is 9.97 Å². The van der Waals surface area contributed by atoms with Gasteiger partial charge in [-0.1, -0.05) is 42.4 Å². The summed E-state index contributed by atoms with van der Waals surface area (Å²) in [6.07, 6.45) is 5.92. The van der Waals surface area contributed by atoms with Crippen LogP contribution in [-0.2, 0) is 4.79 Å². The van der Waals surface area contributed by atoms with Crippen LogP contribution in [0.25, 0.3) is 37.8 Å². The second-order valence-electron chi connectivity index (χ2n) is 13.7. The number of aromatic nitrogens is 3. The maximum Gasteiger partial charge on any atom is 0.319 e. The van der Waals surface area contributed by atoms with Gasteiger partial charge in [-0.3, -0.25) is 14.7 Å². The summed E-state index contributed by atoms with van der Waals surface area (Å²) in [5.74, 6) is 0.176. The van der Waals surface area contributed by atoms with Gasteiger partial charge in [-0.25, -0.2) is 15.4 Å². The molecule has 2 aromatic heterocycles. The van der Waals surface area contributed by atoms with Crippen LogP contribution in [0, 0.1) is 12.4 Å². The van der Waals surface area contributed by atoms with Crippen molar-refractivity contribution < 1.29 is 23.0 Å². The van der Waals surface area contributed by atoms with E-state index in [9.17, 15) is 13.6 Å². The first-order chi connectivity index (χ1) is 24.3. The van der Waals surface area contributed by atoms with Gasteiger partial charge < -0.3 is 24.1 Å². The zero-order valence-corrected chi connectivity index (χ0v) is 28.2. The van der Waals surface area contributed by atoms with Gasteiger partial charge in [0.25, 0.3) is 0 Å². The number of hydrogen-bond acceptors (Lipinski definition) is 8. The molecule has 0 spiro atoms. The number of nitrogens with zero attached hydrogens (tertiary/aromatic N) is 7. The number of fused-ring (bicyclic) bond motifs is 3. The lowest BCUT2D eigenvalue weighted by Crippen LogP contribution is -2.56. The molecule has 1 amide bonds. The lowest BCUT2D eigenvalue weighted by molar-refractivity contribution is -0.128. The van der Waals surface area contributed by atoms with E-state index in [-0.39, 0.29) is 36.2 Å². The minimum atomic E-state index is -0.912. The van der Waals surface area contributed by atoms with Gasteiger partial charge in [0, 0.05) is 49.7 Å². The zero-order valence-electron chi connectivity index (χ0n) is 27.5. The van der Waals surface area contributed by atoms with E-state index in [1.54, 1.807) is 17.2 Å². The van der Waals surface area contributed by atoms with Crippen LogP contribution in [0.1, 0.15) is 32.1 Å². The average Bonchev–Trinajstić information content (AvgIpc) is 3.78. The standard InChI is InChI=1S/C37H36ClF2N7O3/c1-3-29(48)47-15-14-45(20-24(47)17-41-2)35-27-18-42-32(26-7-4-6-22-8-11-28(40)31(38)30(22)26)34(50-25-9-10-25)33(27)43-36(44-35)49-21-37-12-5-13-46(37)19-23(39)16-37/h3-4,6-8,11,18,23-25H,1,5,9-10,12-17,19-21H2/t23-,24+,37+/m1/s1. The molecule has 1 saturated carbocycles. The number of amides is 1. The molecule has 10 nitrogen and oxygen atoms in total. The van der Waals surface area contributed by atoms with Crippen LogP contribution in [0.15, 0.2) is 49.2 Å². The normalized spacial score (nSPS) is 23.6. The minimum absolute atomic E-state index is 0.00864. The first-order valence-corrected chi connectivity index (χ1v) is 17.4. The van der Waals surface area contributed by atoms with Gasteiger partial charge in [0.1, 0.15) is 41.7 Å². The molecule has 0 radical (unpaired) electrons. The maximum absolute atomic E-state index is 14.8. The number of halogens is 3. The Balaban J connectivity index is 1.28. The molecule has 0 unspecified atom stereocenters. The van der Waals surface area contributed by atoms with Crippen LogP contribution in [0.4, 0.5) is 14.6 Å². The van der Waals surface area contributed by atoms with E-state index in [0.29, 0.717) is 71.7 Å². The topological polar surface area (TPSA) is 88.3 Å². The van der Waals surface area contributed by atoms with Crippen LogP contribution >= 0.6 is 11.6 Å². The fourth-order valence-corrected chi connectivity index (χ4v) is 8.14. The molecule has 4 fully saturated rings. The van der Waals surface area contributed by atoms with E-state index in [0.717, 1.165) is 37.6 Å². The van der Waals surface area contributed by atoms with Gasteiger partial charge >= 0.3 is 6.01 Å². The summed E-state index contributed by atoms with van der Waals surface area (Å²) in [5, 5.41) is 1.86. The maximum atomic E-state index is 14.8. The second-order valence-corrected chi connectivity index (χ2v) is 14.0. The molecule has 0 N–H and O–H groups in total. The third-order valence-electron chi connectivity index (χ3n) is 10.4. The largest absolute Gasteiger partial charge is 0.486 e. The number of hydrogen-bond donors (Lipinski definition) is 0. The van der Waals surface area contributed by atoms with Crippen molar-refractivity contribution in [3.63, 3.8) is 0 Å². The third kappa shape index (κ3) is 5.76. The molecule has 3 aliphatic heterocycles. The summed E-state index contributed by atoms with van der Waals surface area (Å²) >= 11 is 6.58. The van der Waals surface area contributed by atoms with Crippen molar-refractivity contribution in [1.29, 1.82) is 0 Å². The zero-order chi connectivity index (χ0) is 34.6. The van der Waals surface area contributed by atoms with Crippen LogP contribution in [0.3, 0.4) is 0 Å². The highest BCUT2D eigenvalue weighted by molar-refractivity contribution is 6.37. The second kappa shape index (κ2) is 12.9. The number of rotatable bonds is 9. The van der Waals surface area contributed by atoms with Crippen molar-refractivity contribution >= 4 is 45.0 Å². The van der Waals surface area contributed by atoms with Gasteiger partial charge in [-0.15, -0.1) is 0 Å². The number of pyridine rings is 1. The van der Waals surface area contributed by atoms with Crippen LogP contribution in [-0.4, -0.2) is 100 Å². The van der Waals surface area contributed by atoms with Gasteiger partial charge in [0.05, 0.1) is 22.1 Å². The monoisotopic (exact) mass is 699 g/mol. The SMILES string of the molecule is [C-]#[N+]C[C@H]1CN(c2nc(OC[C@@]34CCCN3C[C@H](F)C4)nc3c(OC4CC4)c(-c4cccc5ccc(F)c(Cl)c45)ncc23)CCN1C(=O)C=C. The molecule has 5 heterocycles. The number of benzene rings is 2. The molecule has 8 rings (SSSR count). The van der Waals surface area contributed by atoms with E-state index < -0.39 is 23.6 Å². The van der Waals surface area contributed by atoms with E-state index >= 15 is 0 Å². The summed E-state index contributed by atoms with van der Waals surface area (Å²) in [6.45, 7) is 13.9. The minimum Gasteiger partial charge on any atom is -0.486 e. The lowest BCUT2D eigenvalue weighted by Gasteiger charge is -2.39. The van der Waals surface area contributed by atoms with Crippen LogP contribution < -0.4 is 14.4 Å². The Morgan fingerprint density at radius 3 is 2.84 bits per heavy atom. The number of carbonyl (C=O) groups excluding carboxylic acids is 1. The summed E-state index contributed by atoms with van der Waals surface area (Å²) < 4.78 is 42.5. The molecular weight excluding hydrogens is 664 g/mol. The molecule has 258 valence electrons. The number of carbonyl (C=O) groups is 1. The molecule has 3 saturated heterocycles. The highest BCUT2D eigenvalue weighted by atomic mass is 35.5. The molecule has 2 aromatic carbocycles. The molecule has 4 aromatic rings. The fraction of sp³-hybridized carbons (Fsp3) is 0.432. The van der Waals surface area contributed by atoms with Gasteiger partial charge in [0.2, 0.25) is 12.5 Å². The van der Waals surface area contributed by atoms with E-state index in [2.05, 4.69) is 16.3 Å². The molecule has 0 bridgehead atoms. The van der Waals surface area contributed by atoms with Crippen molar-refractivity contribution in [3.8, 4) is 23.0 Å². The Bertz CT molecular complexity index is 2060. The molecule has 4 aliphatic rings. The average molecular weight is 700 g/mol. The number of anilines is 1. The third-order valence-corrected chi connectivity index (χ3v) is 10.8. The van der Waals surface area contributed by atoms with Gasteiger partial charge in [-0.05, 0) is 49.8 Å². The Morgan fingerprint density at radius 1 is 1.18 bits per heavy atom. The van der Waals surface area contributed by atoms with E-state index in [1.807, 2.05) is 23.1 Å². The Hall–Kier alpha value is -4.60. The van der Waals surface area contributed by atoms with Crippen molar-refractivity contribution in [1.82, 2.24) is 24.8 Å².